The Morgan fingerprint density at radius 3 is 2.89 bits per heavy atom. The lowest BCUT2D eigenvalue weighted by Gasteiger charge is -2.36. The predicted molar refractivity (Wildman–Crippen MR) is 151 cm³/mol. The Morgan fingerprint density at radius 2 is 2.11 bits per heavy atom. The first-order chi connectivity index (χ1) is 17.0. The van der Waals surface area contributed by atoms with E-state index in [0.29, 0.717) is 42.0 Å². The van der Waals surface area contributed by atoms with Crippen LogP contribution in [0.2, 0.25) is 5.02 Å². The molecule has 1 saturated heterocycles. The van der Waals surface area contributed by atoms with Crippen LogP contribution in [0, 0.1) is 0 Å². The number of hydrogen-bond donors (Lipinski definition) is 3. The van der Waals surface area contributed by atoms with E-state index >= 15 is 0 Å². The lowest BCUT2D eigenvalue weighted by atomic mass is 10.0. The normalized spacial score (nSPS) is 19.4. The summed E-state index contributed by atoms with van der Waals surface area (Å²) < 4.78 is 5.27. The van der Waals surface area contributed by atoms with E-state index in [4.69, 9.17) is 16.3 Å². The van der Waals surface area contributed by atoms with Crippen LogP contribution >= 0.6 is 48.2 Å². The van der Waals surface area contributed by atoms with Crippen molar-refractivity contribution in [2.45, 2.75) is 36.4 Å². The maximum absolute atomic E-state index is 11.6. The summed E-state index contributed by atoms with van der Waals surface area (Å²) in [6.07, 6.45) is 2.68. The molecule has 2 aliphatic rings. The Balaban J connectivity index is 0.00000190. The van der Waals surface area contributed by atoms with Gasteiger partial charge in [0.15, 0.2) is 0 Å². The molecule has 0 unspecified atom stereocenters. The molecule has 9 nitrogen and oxygen atoms in total. The maximum Gasteiger partial charge on any atom is 0.235 e. The first-order valence-electron chi connectivity index (χ1n) is 11.5. The molecule has 3 aromatic heterocycles. The number of carbonyl (C=O) groups excluding carboxylic acids is 1. The summed E-state index contributed by atoms with van der Waals surface area (Å²) in [4.78, 5) is 28.3. The number of carbonyl (C=O) groups is 1. The largest absolute Gasteiger partial charge is 0.481 e. The highest BCUT2D eigenvalue weighted by Gasteiger charge is 2.27. The summed E-state index contributed by atoms with van der Waals surface area (Å²) in [5, 5.41) is 17.6. The number of fused-ring (bicyclic) bond motifs is 2. The van der Waals surface area contributed by atoms with Gasteiger partial charge in [0.2, 0.25) is 11.8 Å². The average Bonchev–Trinajstić information content (AvgIpc) is 2.87. The summed E-state index contributed by atoms with van der Waals surface area (Å²) in [5.74, 6) is 1.54. The predicted octanol–water partition coefficient (Wildman–Crippen LogP) is 3.34. The molecule has 2 atom stereocenters. The number of pyridine rings is 3. The van der Waals surface area contributed by atoms with Gasteiger partial charge in [0, 0.05) is 43.5 Å². The molecule has 0 bridgehead atoms. The molecule has 0 spiro atoms. The van der Waals surface area contributed by atoms with Crippen molar-refractivity contribution in [1.29, 1.82) is 0 Å². The third-order valence-electron chi connectivity index (χ3n) is 6.37. The number of ether oxygens (including phenoxy) is 1. The molecule has 0 aliphatic carbocycles. The van der Waals surface area contributed by atoms with E-state index in [-0.39, 0.29) is 36.8 Å². The summed E-state index contributed by atoms with van der Waals surface area (Å²) in [6.45, 7) is 2.71. The molecule has 2 aliphatic heterocycles. The number of aliphatic hydroxyl groups is 1. The van der Waals surface area contributed by atoms with E-state index in [1.54, 1.807) is 19.4 Å². The zero-order valence-corrected chi connectivity index (χ0v) is 23.4. The Hall–Kier alpha value is -1.92. The number of piperidine rings is 1. The Kier molecular flexibility index (Phi) is 10.6. The number of nitrogens with one attached hydrogen (secondary N) is 2. The molecule has 0 radical (unpaired) electrons. The van der Waals surface area contributed by atoms with Crippen molar-refractivity contribution in [3.8, 4) is 5.88 Å². The summed E-state index contributed by atoms with van der Waals surface area (Å²) in [6, 6.07) is 7.59. The van der Waals surface area contributed by atoms with E-state index in [1.165, 1.54) is 11.8 Å². The molecule has 3 aromatic rings. The van der Waals surface area contributed by atoms with E-state index in [9.17, 15) is 9.90 Å². The van der Waals surface area contributed by atoms with Gasteiger partial charge >= 0.3 is 0 Å². The third-order valence-corrected chi connectivity index (χ3v) is 7.74. The van der Waals surface area contributed by atoms with Crippen molar-refractivity contribution in [1.82, 2.24) is 25.2 Å². The first kappa shape index (κ1) is 29.6. The van der Waals surface area contributed by atoms with Crippen molar-refractivity contribution in [2.75, 3.05) is 37.8 Å². The summed E-state index contributed by atoms with van der Waals surface area (Å²) in [7, 11) is 1.59. The monoisotopic (exact) mass is 586 g/mol. The van der Waals surface area contributed by atoms with Crippen LogP contribution < -0.4 is 15.4 Å². The Morgan fingerprint density at radius 1 is 1.27 bits per heavy atom. The minimum Gasteiger partial charge on any atom is -0.481 e. The smallest absolute Gasteiger partial charge is 0.235 e. The van der Waals surface area contributed by atoms with Gasteiger partial charge < -0.3 is 25.4 Å². The van der Waals surface area contributed by atoms with Gasteiger partial charge in [0.1, 0.15) is 5.82 Å². The fraction of sp³-hybridized carbons (Fsp3) is 0.417. The van der Waals surface area contributed by atoms with Crippen LogP contribution in [-0.2, 0) is 17.8 Å². The van der Waals surface area contributed by atoms with Crippen LogP contribution in [-0.4, -0.2) is 75.5 Å². The minimum absolute atomic E-state index is 0. The van der Waals surface area contributed by atoms with Gasteiger partial charge in [-0.15, -0.1) is 36.6 Å². The van der Waals surface area contributed by atoms with Crippen molar-refractivity contribution < 1.29 is 14.6 Å². The lowest BCUT2D eigenvalue weighted by Crippen LogP contribution is -2.52. The van der Waals surface area contributed by atoms with Gasteiger partial charge in [-0.1, -0.05) is 11.6 Å². The molecule has 1 amide bonds. The zero-order chi connectivity index (χ0) is 24.4. The van der Waals surface area contributed by atoms with Crippen LogP contribution in [0.1, 0.15) is 17.7 Å². The SMILES string of the molecule is COc1ccc2ncc(Cl)c(CCN3CC[C@@H](NCc4ccc5c(n4)NC(=O)CS5)[C@H](O)C3)c2n1.Cl.Cl. The van der Waals surface area contributed by atoms with E-state index in [2.05, 4.69) is 30.5 Å². The molecule has 3 N–H and O–H groups in total. The van der Waals surface area contributed by atoms with Crippen molar-refractivity contribution in [3.63, 3.8) is 0 Å². The second kappa shape index (κ2) is 13.2. The fourth-order valence-corrected chi connectivity index (χ4v) is 5.46. The van der Waals surface area contributed by atoms with Crippen LogP contribution in [0.3, 0.4) is 0 Å². The molecule has 5 heterocycles. The van der Waals surface area contributed by atoms with Crippen LogP contribution in [0.5, 0.6) is 5.88 Å². The van der Waals surface area contributed by atoms with Gasteiger partial charge in [-0.05, 0) is 37.6 Å². The molecule has 200 valence electrons. The standard InChI is InChI=1S/C24H27ClN6O3S.2ClH/c1-34-22-5-3-18-23(30-22)15(16(25)11-27-18)6-8-31-9-7-17(19(32)12-31)26-10-14-2-4-20-24(28-14)29-21(33)13-35-20;;/h2-5,11,17,19,26,32H,6-10,12-13H2,1H3,(H,28,29,33);2*1H/t17-,19-;;/m1../s1. The van der Waals surface area contributed by atoms with E-state index in [1.807, 2.05) is 18.2 Å². The molecule has 37 heavy (non-hydrogen) atoms. The average molecular weight is 588 g/mol. The molecule has 5 rings (SSSR count). The first-order valence-corrected chi connectivity index (χ1v) is 12.9. The number of amides is 1. The number of thioether (sulfide) groups is 1. The quantitative estimate of drug-likeness (QED) is 0.383. The van der Waals surface area contributed by atoms with Crippen LogP contribution in [0.25, 0.3) is 11.0 Å². The highest BCUT2D eigenvalue weighted by Crippen LogP contribution is 2.30. The number of aromatic nitrogens is 3. The van der Waals surface area contributed by atoms with Crippen LogP contribution in [0.15, 0.2) is 35.4 Å². The van der Waals surface area contributed by atoms with E-state index < -0.39 is 6.10 Å². The van der Waals surface area contributed by atoms with Gasteiger partial charge in [-0.3, -0.25) is 9.78 Å². The third kappa shape index (κ3) is 6.94. The minimum atomic E-state index is -0.500. The number of rotatable bonds is 7. The van der Waals surface area contributed by atoms with Crippen molar-refractivity contribution in [3.05, 3.63) is 46.7 Å². The van der Waals surface area contributed by atoms with Crippen LogP contribution in [0.4, 0.5) is 5.82 Å². The highest BCUT2D eigenvalue weighted by atomic mass is 35.5. The second-order valence-electron chi connectivity index (χ2n) is 8.69. The Bertz CT molecular complexity index is 1250. The second-order valence-corrected chi connectivity index (χ2v) is 10.1. The van der Waals surface area contributed by atoms with Gasteiger partial charge in [0.25, 0.3) is 0 Å². The lowest BCUT2D eigenvalue weighted by molar-refractivity contribution is -0.113. The zero-order valence-electron chi connectivity index (χ0n) is 20.1. The molecule has 1 fully saturated rings. The summed E-state index contributed by atoms with van der Waals surface area (Å²) in [5.41, 5.74) is 3.31. The van der Waals surface area contributed by atoms with E-state index in [0.717, 1.165) is 46.7 Å². The molecular weight excluding hydrogens is 559 g/mol. The molecule has 0 aromatic carbocycles. The number of likely N-dealkylation sites (tertiary alicyclic amines) is 1. The topological polar surface area (TPSA) is 112 Å². The number of anilines is 1. The van der Waals surface area contributed by atoms with Gasteiger partial charge in [-0.25, -0.2) is 9.97 Å². The maximum atomic E-state index is 11.6. The Labute approximate surface area is 236 Å². The molecular formula is C24H29Cl3N6O3S. The number of hydrogen-bond acceptors (Lipinski definition) is 9. The van der Waals surface area contributed by atoms with Crippen molar-refractivity contribution >= 4 is 70.9 Å². The number of nitrogens with zero attached hydrogens (tertiary/aromatic N) is 4. The van der Waals surface area contributed by atoms with Crippen molar-refractivity contribution in [2.24, 2.45) is 0 Å². The number of methoxy groups -OCH3 is 1. The highest BCUT2D eigenvalue weighted by molar-refractivity contribution is 8.00. The number of β-amino-alcohol motifs (C(OH)–C–C–N with tert-alkyl or cyclic N) is 1. The molecule has 13 heteroatoms. The molecule has 0 saturated carbocycles. The fourth-order valence-electron chi connectivity index (χ4n) is 4.48. The van der Waals surface area contributed by atoms with Gasteiger partial charge in [0.05, 0.1) is 45.6 Å². The summed E-state index contributed by atoms with van der Waals surface area (Å²) >= 11 is 7.96. The van der Waals surface area contributed by atoms with Gasteiger partial charge in [-0.2, -0.15) is 0 Å². The number of aliphatic hydroxyl groups excluding tert-OH is 1. The number of halogens is 3.